The number of carbonyl (C=O) groups excluding carboxylic acids is 3. The third-order valence-corrected chi connectivity index (χ3v) is 6.18. The van der Waals surface area contributed by atoms with Gasteiger partial charge in [0.05, 0.1) is 9.78 Å². The Morgan fingerprint density at radius 2 is 2.07 bits per heavy atom. The van der Waals surface area contributed by atoms with Gasteiger partial charge in [-0.2, -0.15) is 0 Å². The number of nitrogens with zero attached hydrogens (tertiary/aromatic N) is 1. The van der Waals surface area contributed by atoms with Crippen LogP contribution < -0.4 is 14.8 Å². The molecule has 0 aliphatic carbocycles. The van der Waals surface area contributed by atoms with Gasteiger partial charge in [-0.1, -0.05) is 6.07 Å². The first kappa shape index (κ1) is 18.6. The van der Waals surface area contributed by atoms with Gasteiger partial charge < -0.3 is 14.8 Å². The van der Waals surface area contributed by atoms with Gasteiger partial charge in [-0.15, -0.1) is 11.3 Å². The molecule has 1 saturated heterocycles. The van der Waals surface area contributed by atoms with Crippen LogP contribution in [0.25, 0.3) is 6.08 Å². The molecule has 1 N–H and O–H groups in total. The molecule has 144 valence electrons. The summed E-state index contributed by atoms with van der Waals surface area (Å²) >= 11 is 2.24. The van der Waals surface area contributed by atoms with Crippen LogP contribution in [0.15, 0.2) is 34.6 Å². The third-order valence-electron chi connectivity index (χ3n) is 4.26. The Balaban J connectivity index is 1.38. The summed E-state index contributed by atoms with van der Waals surface area (Å²) < 4.78 is 10.6. The topological polar surface area (TPSA) is 84.9 Å². The lowest BCUT2D eigenvalue weighted by molar-refractivity contribution is -0.122. The van der Waals surface area contributed by atoms with E-state index in [0.717, 1.165) is 27.8 Å². The van der Waals surface area contributed by atoms with Crippen LogP contribution in [0.2, 0.25) is 0 Å². The summed E-state index contributed by atoms with van der Waals surface area (Å²) in [6.45, 7) is 2.36. The van der Waals surface area contributed by atoms with Crippen molar-refractivity contribution in [2.45, 2.75) is 6.92 Å². The van der Waals surface area contributed by atoms with Gasteiger partial charge in [0, 0.05) is 13.1 Å². The van der Waals surface area contributed by atoms with Gasteiger partial charge in [-0.05, 0) is 59.5 Å². The number of ether oxygens (including phenoxy) is 2. The van der Waals surface area contributed by atoms with Gasteiger partial charge in [0.1, 0.15) is 0 Å². The second kappa shape index (κ2) is 7.69. The molecule has 0 atom stereocenters. The van der Waals surface area contributed by atoms with Crippen molar-refractivity contribution in [2.75, 3.05) is 19.9 Å². The monoisotopic (exact) mass is 416 g/mol. The summed E-state index contributed by atoms with van der Waals surface area (Å²) in [4.78, 5) is 39.0. The second-order valence-electron chi connectivity index (χ2n) is 6.13. The van der Waals surface area contributed by atoms with Gasteiger partial charge >= 0.3 is 0 Å². The van der Waals surface area contributed by atoms with Crippen LogP contribution in [0.5, 0.6) is 11.5 Å². The van der Waals surface area contributed by atoms with E-state index in [1.807, 2.05) is 18.4 Å². The van der Waals surface area contributed by atoms with Crippen LogP contribution in [-0.2, 0) is 4.79 Å². The number of benzene rings is 1. The molecule has 0 saturated carbocycles. The van der Waals surface area contributed by atoms with Gasteiger partial charge in [0.25, 0.3) is 17.1 Å². The summed E-state index contributed by atoms with van der Waals surface area (Å²) in [6, 6.07) is 7.20. The van der Waals surface area contributed by atoms with Crippen molar-refractivity contribution < 1.29 is 23.9 Å². The van der Waals surface area contributed by atoms with E-state index in [-0.39, 0.29) is 36.9 Å². The van der Waals surface area contributed by atoms with E-state index < -0.39 is 0 Å². The predicted octanol–water partition coefficient (Wildman–Crippen LogP) is 3.25. The van der Waals surface area contributed by atoms with Gasteiger partial charge in [-0.3, -0.25) is 19.3 Å². The first-order valence-corrected chi connectivity index (χ1v) is 10.2. The lowest BCUT2D eigenvalue weighted by Crippen LogP contribution is -2.37. The van der Waals surface area contributed by atoms with Crippen LogP contribution in [0, 0.1) is 6.92 Å². The minimum absolute atomic E-state index is 0.124. The molecule has 0 spiro atoms. The summed E-state index contributed by atoms with van der Waals surface area (Å²) in [7, 11) is 0. The van der Waals surface area contributed by atoms with Crippen LogP contribution in [0.4, 0.5) is 4.79 Å². The minimum atomic E-state index is -0.366. The van der Waals surface area contributed by atoms with E-state index in [9.17, 15) is 14.4 Å². The Labute approximate surface area is 169 Å². The number of aryl methyl sites for hydroxylation is 1. The van der Waals surface area contributed by atoms with E-state index in [0.29, 0.717) is 21.3 Å². The molecule has 1 fully saturated rings. The zero-order chi connectivity index (χ0) is 19.7. The van der Waals surface area contributed by atoms with Crippen LogP contribution >= 0.6 is 23.1 Å². The number of thioether (sulfide) groups is 1. The highest BCUT2D eigenvalue weighted by molar-refractivity contribution is 8.18. The smallest absolute Gasteiger partial charge is 0.293 e. The molecule has 2 aliphatic rings. The highest BCUT2D eigenvalue weighted by atomic mass is 32.2. The van der Waals surface area contributed by atoms with Crippen LogP contribution in [-0.4, -0.2) is 41.8 Å². The Morgan fingerprint density at radius 1 is 1.25 bits per heavy atom. The number of hydrogen-bond donors (Lipinski definition) is 1. The van der Waals surface area contributed by atoms with Crippen LogP contribution in [0.1, 0.15) is 20.8 Å². The normalized spacial score (nSPS) is 16.9. The number of carbonyl (C=O) groups is 3. The molecule has 2 aliphatic heterocycles. The molecule has 3 amide bonds. The summed E-state index contributed by atoms with van der Waals surface area (Å²) in [5, 5.41) is 4.25. The number of thiophene rings is 1. The SMILES string of the molecule is Cc1ccsc1C(=O)NCCN1C(=O)S/C(=C\c2ccc3c(c2)OCO3)C1=O. The Hall–Kier alpha value is -2.78. The van der Waals surface area contributed by atoms with Crippen molar-refractivity contribution in [2.24, 2.45) is 0 Å². The van der Waals surface area contributed by atoms with Gasteiger partial charge in [-0.25, -0.2) is 0 Å². The minimum Gasteiger partial charge on any atom is -0.454 e. The zero-order valence-corrected chi connectivity index (χ0v) is 16.5. The number of hydrogen-bond acceptors (Lipinski definition) is 7. The van der Waals surface area contributed by atoms with Gasteiger partial charge in [0.15, 0.2) is 11.5 Å². The fraction of sp³-hybridized carbons (Fsp3) is 0.211. The predicted molar refractivity (Wildman–Crippen MR) is 107 cm³/mol. The third kappa shape index (κ3) is 3.63. The number of imide groups is 1. The molecule has 0 bridgehead atoms. The van der Waals surface area contributed by atoms with Crippen molar-refractivity contribution in [3.63, 3.8) is 0 Å². The standard InChI is InChI=1S/C19H16N2O5S2/c1-11-4-7-27-16(11)17(22)20-5-6-21-18(23)15(28-19(21)24)9-12-2-3-13-14(8-12)26-10-25-13/h2-4,7-9H,5-6,10H2,1H3,(H,20,22)/b15-9-. The number of rotatable bonds is 5. The molecule has 28 heavy (non-hydrogen) atoms. The summed E-state index contributed by atoms with van der Waals surface area (Å²) in [5.74, 6) is 0.700. The molecule has 3 heterocycles. The lowest BCUT2D eigenvalue weighted by atomic mass is 10.2. The van der Waals surface area contributed by atoms with Crippen molar-refractivity contribution in [3.8, 4) is 11.5 Å². The molecule has 2 aromatic rings. The quantitative estimate of drug-likeness (QED) is 0.753. The maximum absolute atomic E-state index is 12.6. The number of fused-ring (bicyclic) bond motifs is 1. The van der Waals surface area contributed by atoms with E-state index in [1.54, 1.807) is 24.3 Å². The number of amides is 3. The number of nitrogens with one attached hydrogen (secondary N) is 1. The largest absolute Gasteiger partial charge is 0.454 e. The molecule has 0 unspecified atom stereocenters. The van der Waals surface area contributed by atoms with Crippen molar-refractivity contribution in [3.05, 3.63) is 50.6 Å². The molecule has 0 radical (unpaired) electrons. The molecular weight excluding hydrogens is 400 g/mol. The first-order chi connectivity index (χ1) is 13.5. The van der Waals surface area contributed by atoms with Crippen molar-refractivity contribution >= 4 is 46.2 Å². The first-order valence-electron chi connectivity index (χ1n) is 8.50. The Kier molecular flexibility index (Phi) is 5.10. The van der Waals surface area contributed by atoms with E-state index in [1.165, 1.54) is 11.3 Å². The highest BCUT2D eigenvalue weighted by Gasteiger charge is 2.34. The second-order valence-corrected chi connectivity index (χ2v) is 8.04. The average Bonchev–Trinajstić information content (AvgIpc) is 3.37. The summed E-state index contributed by atoms with van der Waals surface area (Å²) in [5.41, 5.74) is 1.65. The molecule has 1 aromatic carbocycles. The van der Waals surface area contributed by atoms with E-state index in [4.69, 9.17) is 9.47 Å². The molecule has 9 heteroatoms. The average molecular weight is 416 g/mol. The Bertz CT molecular complexity index is 998. The van der Waals surface area contributed by atoms with Crippen molar-refractivity contribution in [1.29, 1.82) is 0 Å². The molecule has 7 nitrogen and oxygen atoms in total. The fourth-order valence-corrected chi connectivity index (χ4v) is 4.52. The molecule has 1 aromatic heterocycles. The maximum Gasteiger partial charge on any atom is 0.293 e. The van der Waals surface area contributed by atoms with E-state index in [2.05, 4.69) is 5.32 Å². The maximum atomic E-state index is 12.6. The molecular formula is C19H16N2O5S2. The Morgan fingerprint density at radius 3 is 2.86 bits per heavy atom. The van der Waals surface area contributed by atoms with Crippen LogP contribution in [0.3, 0.4) is 0 Å². The fourth-order valence-electron chi connectivity index (χ4n) is 2.81. The highest BCUT2D eigenvalue weighted by Crippen LogP contribution is 2.36. The lowest BCUT2D eigenvalue weighted by Gasteiger charge is -2.12. The van der Waals surface area contributed by atoms with E-state index >= 15 is 0 Å². The summed E-state index contributed by atoms with van der Waals surface area (Å²) in [6.07, 6.45) is 1.65. The molecule has 4 rings (SSSR count). The van der Waals surface area contributed by atoms with Crippen molar-refractivity contribution in [1.82, 2.24) is 10.2 Å². The van der Waals surface area contributed by atoms with Gasteiger partial charge in [0.2, 0.25) is 6.79 Å². The zero-order valence-electron chi connectivity index (χ0n) is 14.9.